The molecule has 6 rings (SSSR count). The Hall–Kier alpha value is -3.33. The monoisotopic (exact) mass is 531 g/mol. The van der Waals surface area contributed by atoms with Crippen LogP contribution >= 0.6 is 11.8 Å². The average molecular weight is 532 g/mol. The highest BCUT2D eigenvalue weighted by Gasteiger charge is 2.47. The van der Waals surface area contributed by atoms with Crippen LogP contribution in [-0.4, -0.2) is 52.1 Å². The molecule has 0 radical (unpaired) electrons. The molecular formula is C29H33N5O3S. The third-order valence-electron chi connectivity index (χ3n) is 8.22. The van der Waals surface area contributed by atoms with E-state index in [9.17, 15) is 14.4 Å². The summed E-state index contributed by atoms with van der Waals surface area (Å²) in [7, 11) is 0. The van der Waals surface area contributed by atoms with Crippen LogP contribution in [0.4, 0.5) is 16.2 Å². The number of carbonyl (C=O) groups excluding carboxylic acids is 3. The summed E-state index contributed by atoms with van der Waals surface area (Å²) in [5.41, 5.74) is 3.80. The predicted molar refractivity (Wildman–Crippen MR) is 148 cm³/mol. The fourth-order valence-corrected chi connectivity index (χ4v) is 7.58. The van der Waals surface area contributed by atoms with Gasteiger partial charge in [-0.1, -0.05) is 49.7 Å². The molecule has 2 aromatic rings. The van der Waals surface area contributed by atoms with Crippen LogP contribution in [0, 0.1) is 0 Å². The number of thioether (sulfide) groups is 1. The van der Waals surface area contributed by atoms with Crippen molar-refractivity contribution in [3.05, 3.63) is 60.3 Å². The first-order chi connectivity index (χ1) is 18.5. The maximum Gasteiger partial charge on any atom is 0.327 e. The fraction of sp³-hybridized carbons (Fsp3) is 0.448. The van der Waals surface area contributed by atoms with E-state index in [0.29, 0.717) is 19.0 Å². The van der Waals surface area contributed by atoms with Crippen molar-refractivity contribution in [3.63, 3.8) is 0 Å². The van der Waals surface area contributed by atoms with Gasteiger partial charge in [-0.25, -0.2) is 9.78 Å². The molecular weight excluding hydrogens is 498 g/mol. The minimum absolute atomic E-state index is 0.118. The number of benzene rings is 1. The van der Waals surface area contributed by atoms with Crippen LogP contribution in [0.2, 0.25) is 0 Å². The minimum Gasteiger partial charge on any atom is -0.351 e. The molecule has 1 saturated heterocycles. The van der Waals surface area contributed by atoms with Crippen molar-refractivity contribution in [2.24, 2.45) is 0 Å². The van der Waals surface area contributed by atoms with Gasteiger partial charge in [0.15, 0.2) is 0 Å². The number of urea groups is 1. The van der Waals surface area contributed by atoms with Gasteiger partial charge in [-0.2, -0.15) is 0 Å². The minimum atomic E-state index is -0.524. The average Bonchev–Trinajstić information content (AvgIpc) is 3.33. The molecule has 0 bridgehead atoms. The zero-order chi connectivity index (χ0) is 26.2. The predicted octanol–water partition coefficient (Wildman–Crippen LogP) is 4.80. The fourth-order valence-electron chi connectivity index (χ4n) is 6.34. The topological polar surface area (TPSA) is 94.6 Å². The van der Waals surface area contributed by atoms with Crippen LogP contribution in [0.25, 0.3) is 0 Å². The van der Waals surface area contributed by atoms with Gasteiger partial charge in [0, 0.05) is 30.9 Å². The second-order valence-corrected chi connectivity index (χ2v) is 11.7. The number of amides is 4. The molecule has 4 amide bonds. The Balaban J connectivity index is 1.23. The first-order valence-corrected chi connectivity index (χ1v) is 14.5. The molecule has 4 aliphatic rings. The normalized spacial score (nSPS) is 24.9. The van der Waals surface area contributed by atoms with Crippen LogP contribution in [0.1, 0.15) is 68.0 Å². The van der Waals surface area contributed by atoms with E-state index in [4.69, 9.17) is 0 Å². The van der Waals surface area contributed by atoms with Gasteiger partial charge in [-0.15, -0.1) is 0 Å². The van der Waals surface area contributed by atoms with Gasteiger partial charge in [0.2, 0.25) is 11.8 Å². The highest BCUT2D eigenvalue weighted by atomic mass is 32.2. The molecule has 2 fully saturated rings. The van der Waals surface area contributed by atoms with E-state index in [-0.39, 0.29) is 23.9 Å². The Morgan fingerprint density at radius 3 is 2.79 bits per heavy atom. The largest absolute Gasteiger partial charge is 0.351 e. The molecule has 4 heterocycles. The highest BCUT2D eigenvalue weighted by Crippen LogP contribution is 2.50. The number of hydrogen-bond acceptors (Lipinski definition) is 5. The number of likely N-dealkylation sites (tertiary alicyclic amines) is 1. The lowest BCUT2D eigenvalue weighted by molar-refractivity contribution is -0.129. The molecule has 0 spiro atoms. The number of carbonyl (C=O) groups is 3. The molecule has 9 heteroatoms. The third-order valence-corrected chi connectivity index (χ3v) is 9.51. The van der Waals surface area contributed by atoms with E-state index in [2.05, 4.69) is 34.3 Å². The number of aromatic nitrogens is 1. The summed E-state index contributed by atoms with van der Waals surface area (Å²) in [6.07, 6.45) is 10.8. The van der Waals surface area contributed by atoms with Crippen molar-refractivity contribution in [2.75, 3.05) is 18.0 Å². The van der Waals surface area contributed by atoms with Crippen molar-refractivity contribution in [2.45, 2.75) is 73.2 Å². The first kappa shape index (κ1) is 25.0. The standard InChI is InChI=1S/C29H33N5O3S/c1-2-23(35)33-15-7-11-20(17-33)31-27(36)26-25-24-22(13-14-30-28(24)38-26)34(29(37)32-25)21-12-6-10-19(16-21)18-8-4-3-5-9-18/h2,6,10,12-14,16,18,20,25-26H,1,3-5,7-9,11,15,17H2,(H,31,36)(H,32,37)/t20?,25?,26-/m1/s1. The second-order valence-electron chi connectivity index (χ2n) is 10.6. The van der Waals surface area contributed by atoms with Gasteiger partial charge in [-0.3, -0.25) is 14.5 Å². The lowest BCUT2D eigenvalue weighted by Crippen LogP contribution is -2.53. The lowest BCUT2D eigenvalue weighted by atomic mass is 9.84. The summed E-state index contributed by atoms with van der Waals surface area (Å²) in [4.78, 5) is 47.1. The smallest absolute Gasteiger partial charge is 0.327 e. The van der Waals surface area contributed by atoms with Crippen LogP contribution in [0.15, 0.2) is 54.2 Å². The summed E-state index contributed by atoms with van der Waals surface area (Å²) in [5, 5.41) is 6.49. The summed E-state index contributed by atoms with van der Waals surface area (Å²) >= 11 is 1.40. The van der Waals surface area contributed by atoms with E-state index < -0.39 is 11.3 Å². The van der Waals surface area contributed by atoms with Gasteiger partial charge in [0.25, 0.3) is 0 Å². The summed E-state index contributed by atoms with van der Waals surface area (Å²) < 4.78 is 0. The molecule has 1 aliphatic carbocycles. The summed E-state index contributed by atoms with van der Waals surface area (Å²) in [6, 6.07) is 9.38. The Morgan fingerprint density at radius 2 is 1.97 bits per heavy atom. The summed E-state index contributed by atoms with van der Waals surface area (Å²) in [5.74, 6) is 0.274. The molecule has 2 unspecified atom stereocenters. The maximum atomic E-state index is 13.5. The van der Waals surface area contributed by atoms with E-state index >= 15 is 0 Å². The highest BCUT2D eigenvalue weighted by molar-refractivity contribution is 8.01. The van der Waals surface area contributed by atoms with E-state index in [1.165, 1.54) is 55.5 Å². The van der Waals surface area contributed by atoms with Crippen molar-refractivity contribution in [3.8, 4) is 0 Å². The number of piperidine rings is 1. The van der Waals surface area contributed by atoms with Crippen molar-refractivity contribution < 1.29 is 14.4 Å². The lowest BCUT2D eigenvalue weighted by Gasteiger charge is -2.36. The van der Waals surface area contributed by atoms with Crippen molar-refractivity contribution in [1.82, 2.24) is 20.5 Å². The molecule has 3 aliphatic heterocycles. The van der Waals surface area contributed by atoms with Crippen molar-refractivity contribution >= 4 is 41.0 Å². The van der Waals surface area contributed by atoms with E-state index in [1.54, 1.807) is 16.0 Å². The van der Waals surface area contributed by atoms with Crippen molar-refractivity contribution in [1.29, 1.82) is 0 Å². The Kier molecular flexibility index (Phi) is 6.86. The molecule has 1 aromatic heterocycles. The maximum absolute atomic E-state index is 13.5. The molecule has 1 saturated carbocycles. The number of hydrogen-bond donors (Lipinski definition) is 2. The van der Waals surface area contributed by atoms with Gasteiger partial charge < -0.3 is 15.5 Å². The molecule has 3 atom stereocenters. The van der Waals surface area contributed by atoms with Crippen LogP contribution in [-0.2, 0) is 9.59 Å². The first-order valence-electron chi connectivity index (χ1n) is 13.6. The summed E-state index contributed by atoms with van der Waals surface area (Å²) in [6.45, 7) is 4.71. The molecule has 8 nitrogen and oxygen atoms in total. The number of rotatable bonds is 5. The number of anilines is 2. The van der Waals surface area contributed by atoms with Gasteiger partial charge in [-0.05, 0) is 61.4 Å². The SMILES string of the molecule is C=CC(=O)N1CCCC(NC(=O)[C@@H]2Sc3nccc4c3C2NC(=O)N4c2cccc(C3CCCCC3)c2)C1. The molecule has 38 heavy (non-hydrogen) atoms. The number of nitrogens with zero attached hydrogens (tertiary/aromatic N) is 3. The van der Waals surface area contributed by atoms with Gasteiger partial charge in [0.1, 0.15) is 10.3 Å². The Labute approximate surface area is 227 Å². The quantitative estimate of drug-likeness (QED) is 0.541. The Morgan fingerprint density at radius 1 is 1.13 bits per heavy atom. The van der Waals surface area contributed by atoms with E-state index in [1.807, 2.05) is 18.2 Å². The Bertz CT molecular complexity index is 1280. The molecule has 198 valence electrons. The number of nitrogens with one attached hydrogen (secondary N) is 2. The van der Waals surface area contributed by atoms with Gasteiger partial charge in [0.05, 0.1) is 17.4 Å². The molecule has 2 N–H and O–H groups in total. The van der Waals surface area contributed by atoms with Crippen LogP contribution < -0.4 is 15.5 Å². The van der Waals surface area contributed by atoms with Crippen LogP contribution in [0.3, 0.4) is 0 Å². The zero-order valence-corrected chi connectivity index (χ0v) is 22.2. The zero-order valence-electron chi connectivity index (χ0n) is 21.4. The number of pyridine rings is 1. The second kappa shape index (κ2) is 10.4. The third kappa shape index (κ3) is 4.57. The van der Waals surface area contributed by atoms with E-state index in [0.717, 1.165) is 34.8 Å². The van der Waals surface area contributed by atoms with Crippen LogP contribution in [0.5, 0.6) is 0 Å². The molecule has 1 aromatic carbocycles. The van der Waals surface area contributed by atoms with Gasteiger partial charge >= 0.3 is 6.03 Å².